The summed E-state index contributed by atoms with van der Waals surface area (Å²) >= 11 is 0. The Morgan fingerprint density at radius 2 is 2.32 bits per heavy atom. The number of carboxylic acid groups (broad SMARTS) is 1. The van der Waals surface area contributed by atoms with Crippen molar-refractivity contribution >= 4 is 28.3 Å². The van der Waals surface area contributed by atoms with Gasteiger partial charge in [-0.3, -0.25) is 14.3 Å². The lowest BCUT2D eigenvalue weighted by molar-refractivity contribution is -0.384. The number of carboxylic acids is 1. The molecule has 19 heavy (non-hydrogen) atoms. The fourth-order valence-corrected chi connectivity index (χ4v) is 1.52. The lowest BCUT2D eigenvalue weighted by Gasteiger charge is -2.10. The zero-order chi connectivity index (χ0) is 14.6. The van der Waals surface area contributed by atoms with Gasteiger partial charge in [-0.2, -0.15) is 0 Å². The second-order valence-electron chi connectivity index (χ2n) is 3.84. The minimum atomic E-state index is -1.29. The van der Waals surface area contributed by atoms with Crippen molar-refractivity contribution in [2.45, 2.75) is 12.2 Å². The van der Waals surface area contributed by atoms with E-state index in [9.17, 15) is 19.1 Å². The van der Waals surface area contributed by atoms with Gasteiger partial charge in [0.05, 0.1) is 10.5 Å². The van der Waals surface area contributed by atoms with Gasteiger partial charge in [-0.15, -0.1) is 0 Å². The van der Waals surface area contributed by atoms with Crippen LogP contribution in [-0.2, 0) is 10.8 Å². The Morgan fingerprint density at radius 3 is 2.79 bits per heavy atom. The summed E-state index contributed by atoms with van der Waals surface area (Å²) < 4.78 is 11.2. The molecular weight excluding hydrogens is 274 g/mol. The van der Waals surface area contributed by atoms with Crippen LogP contribution in [0, 0.1) is 10.1 Å². The molecule has 0 aliphatic rings. The minimum absolute atomic E-state index is 0.0349. The van der Waals surface area contributed by atoms with Crippen LogP contribution in [0.25, 0.3) is 0 Å². The van der Waals surface area contributed by atoms with Crippen LogP contribution in [0.2, 0.25) is 0 Å². The molecule has 0 amide bonds. The Labute approximate surface area is 111 Å². The van der Waals surface area contributed by atoms with E-state index >= 15 is 0 Å². The third kappa shape index (κ3) is 3.98. The molecule has 104 valence electrons. The Kier molecular flexibility index (Phi) is 4.93. The summed E-state index contributed by atoms with van der Waals surface area (Å²) in [5, 5.41) is 22.1. The fourth-order valence-electron chi connectivity index (χ4n) is 1.20. The first-order valence-electron chi connectivity index (χ1n) is 5.26. The first-order chi connectivity index (χ1) is 8.82. The molecule has 1 aromatic rings. The maximum Gasteiger partial charge on any atom is 0.337 e. The first kappa shape index (κ1) is 15.0. The summed E-state index contributed by atoms with van der Waals surface area (Å²) in [5.74, 6) is -1.32. The van der Waals surface area contributed by atoms with E-state index in [0.717, 1.165) is 12.3 Å². The van der Waals surface area contributed by atoms with E-state index in [1.807, 2.05) is 0 Å². The van der Waals surface area contributed by atoms with Crippen molar-refractivity contribution < 1.29 is 19.0 Å². The van der Waals surface area contributed by atoms with E-state index in [4.69, 9.17) is 5.11 Å². The van der Waals surface area contributed by atoms with Gasteiger partial charge in [0.2, 0.25) is 5.82 Å². The SMILES string of the molecule is CC(CNc1ncc(C(=O)O)cc1[N+](=O)[O-])S(C)=O. The van der Waals surface area contributed by atoms with Gasteiger partial charge in [-0.25, -0.2) is 9.78 Å². The maximum absolute atomic E-state index is 11.2. The molecule has 1 heterocycles. The third-order valence-corrected chi connectivity index (χ3v) is 3.73. The summed E-state index contributed by atoms with van der Waals surface area (Å²) in [7, 11) is -1.07. The molecule has 0 aliphatic heterocycles. The van der Waals surface area contributed by atoms with Gasteiger partial charge in [0.25, 0.3) is 0 Å². The zero-order valence-electron chi connectivity index (χ0n) is 10.3. The van der Waals surface area contributed by atoms with E-state index in [2.05, 4.69) is 10.3 Å². The molecule has 0 spiro atoms. The Balaban J connectivity index is 2.97. The van der Waals surface area contributed by atoms with E-state index in [-0.39, 0.29) is 23.2 Å². The highest BCUT2D eigenvalue weighted by Gasteiger charge is 2.19. The first-order valence-corrected chi connectivity index (χ1v) is 6.89. The van der Waals surface area contributed by atoms with Gasteiger partial charge in [0.15, 0.2) is 0 Å². The summed E-state index contributed by atoms with van der Waals surface area (Å²) in [4.78, 5) is 24.6. The average molecular weight is 287 g/mol. The van der Waals surface area contributed by atoms with Gasteiger partial charge < -0.3 is 10.4 Å². The molecule has 0 radical (unpaired) electrons. The van der Waals surface area contributed by atoms with Gasteiger partial charge in [-0.05, 0) is 6.92 Å². The minimum Gasteiger partial charge on any atom is -0.478 e. The van der Waals surface area contributed by atoms with Crippen LogP contribution in [0.4, 0.5) is 11.5 Å². The van der Waals surface area contributed by atoms with E-state index < -0.39 is 27.4 Å². The zero-order valence-corrected chi connectivity index (χ0v) is 11.1. The topological polar surface area (TPSA) is 122 Å². The number of nitrogens with zero attached hydrogens (tertiary/aromatic N) is 2. The number of hydrogen-bond donors (Lipinski definition) is 2. The van der Waals surface area contributed by atoms with Crippen LogP contribution in [-0.4, -0.2) is 43.2 Å². The molecule has 0 aromatic carbocycles. The number of pyridine rings is 1. The van der Waals surface area contributed by atoms with E-state index in [0.29, 0.717) is 0 Å². The highest BCUT2D eigenvalue weighted by Crippen LogP contribution is 2.22. The molecule has 0 bridgehead atoms. The number of carbonyl (C=O) groups is 1. The van der Waals surface area contributed by atoms with Crippen molar-refractivity contribution in [3.05, 3.63) is 27.9 Å². The molecular formula is C10H13N3O5S. The predicted octanol–water partition coefficient (Wildman–Crippen LogP) is 0.867. The third-order valence-electron chi connectivity index (χ3n) is 2.43. The average Bonchev–Trinajstić information content (AvgIpc) is 2.35. The summed E-state index contributed by atoms with van der Waals surface area (Å²) in [5.41, 5.74) is -0.682. The molecule has 8 nitrogen and oxygen atoms in total. The number of hydrogen-bond acceptors (Lipinski definition) is 6. The quantitative estimate of drug-likeness (QED) is 0.587. The number of aromatic carboxylic acids is 1. The predicted molar refractivity (Wildman–Crippen MR) is 69.9 cm³/mol. The second kappa shape index (κ2) is 6.23. The van der Waals surface area contributed by atoms with Crippen molar-refractivity contribution in [1.82, 2.24) is 4.98 Å². The van der Waals surface area contributed by atoms with Gasteiger partial charge >= 0.3 is 11.7 Å². The van der Waals surface area contributed by atoms with Crippen molar-refractivity contribution in [1.29, 1.82) is 0 Å². The number of aromatic nitrogens is 1. The highest BCUT2D eigenvalue weighted by atomic mass is 32.2. The summed E-state index contributed by atoms with van der Waals surface area (Å²) in [6, 6.07) is 0.936. The molecule has 2 unspecified atom stereocenters. The van der Waals surface area contributed by atoms with Gasteiger partial charge in [0, 0.05) is 41.1 Å². The van der Waals surface area contributed by atoms with Crippen molar-refractivity contribution in [3.8, 4) is 0 Å². The lowest BCUT2D eigenvalue weighted by atomic mass is 10.2. The van der Waals surface area contributed by atoms with Crippen LogP contribution in [0.5, 0.6) is 0 Å². The Hall–Kier alpha value is -2.03. The largest absolute Gasteiger partial charge is 0.478 e. The van der Waals surface area contributed by atoms with Gasteiger partial charge in [0.1, 0.15) is 0 Å². The molecule has 0 saturated carbocycles. The molecule has 0 saturated heterocycles. The van der Waals surface area contributed by atoms with Crippen LogP contribution in [0.15, 0.2) is 12.3 Å². The lowest BCUT2D eigenvalue weighted by Crippen LogP contribution is -2.21. The van der Waals surface area contributed by atoms with Crippen LogP contribution in [0.3, 0.4) is 0 Å². The van der Waals surface area contributed by atoms with Crippen molar-refractivity contribution in [3.63, 3.8) is 0 Å². The molecule has 9 heteroatoms. The van der Waals surface area contributed by atoms with Crippen molar-refractivity contribution in [2.24, 2.45) is 0 Å². The normalized spacial score (nSPS) is 13.6. The van der Waals surface area contributed by atoms with Crippen LogP contribution >= 0.6 is 0 Å². The van der Waals surface area contributed by atoms with E-state index in [1.165, 1.54) is 6.26 Å². The van der Waals surface area contributed by atoms with Crippen LogP contribution in [0.1, 0.15) is 17.3 Å². The maximum atomic E-state index is 11.2. The smallest absolute Gasteiger partial charge is 0.337 e. The van der Waals surface area contributed by atoms with Crippen LogP contribution < -0.4 is 5.32 Å². The second-order valence-corrected chi connectivity index (χ2v) is 5.65. The summed E-state index contributed by atoms with van der Waals surface area (Å²) in [6.07, 6.45) is 2.56. The molecule has 2 atom stereocenters. The van der Waals surface area contributed by atoms with E-state index in [1.54, 1.807) is 6.92 Å². The van der Waals surface area contributed by atoms with Crippen molar-refractivity contribution in [2.75, 3.05) is 18.1 Å². The highest BCUT2D eigenvalue weighted by molar-refractivity contribution is 7.84. The molecule has 1 rings (SSSR count). The molecule has 1 aromatic heterocycles. The number of nitro groups is 1. The van der Waals surface area contributed by atoms with Gasteiger partial charge in [-0.1, -0.05) is 0 Å². The Bertz CT molecular complexity index is 534. The number of rotatable bonds is 6. The number of nitrogens with one attached hydrogen (secondary N) is 1. The molecule has 2 N–H and O–H groups in total. The monoisotopic (exact) mass is 287 g/mol. The Morgan fingerprint density at radius 1 is 1.68 bits per heavy atom. The molecule has 0 aliphatic carbocycles. The summed E-state index contributed by atoms with van der Waals surface area (Å²) in [6.45, 7) is 1.96. The standard InChI is InChI=1S/C10H13N3O5S/c1-6(19(2)18)4-11-9-8(13(16)17)3-7(5-12-9)10(14)15/h3,5-6H,4H2,1-2H3,(H,11,12)(H,14,15). The fraction of sp³-hybridized carbons (Fsp3) is 0.400. The molecule has 0 fully saturated rings. The number of anilines is 1.